The van der Waals surface area contributed by atoms with Crippen molar-refractivity contribution < 1.29 is 9.90 Å². The van der Waals surface area contributed by atoms with E-state index in [0.29, 0.717) is 10.8 Å². The van der Waals surface area contributed by atoms with Crippen LogP contribution in [0.25, 0.3) is 5.69 Å². The zero-order valence-corrected chi connectivity index (χ0v) is 14.7. The van der Waals surface area contributed by atoms with E-state index in [4.69, 9.17) is 0 Å². The van der Waals surface area contributed by atoms with Crippen molar-refractivity contribution in [2.45, 2.75) is 19.0 Å². The summed E-state index contributed by atoms with van der Waals surface area (Å²) < 4.78 is 1.88. The number of benzene rings is 2. The number of carbonyl (C=O) groups excluding carboxylic acids is 1. The molecule has 1 aromatic heterocycles. The molecular weight excluding hydrogens is 336 g/mol. The molecule has 2 N–H and O–H groups in total. The molecule has 0 saturated carbocycles. The summed E-state index contributed by atoms with van der Waals surface area (Å²) in [6.45, 7) is 4.08. The molecule has 0 spiro atoms. The molecule has 1 amide bonds. The molecule has 3 rings (SSSR count). The van der Waals surface area contributed by atoms with E-state index in [1.165, 1.54) is 29.5 Å². The highest BCUT2D eigenvalue weighted by molar-refractivity contribution is 7.99. The van der Waals surface area contributed by atoms with Gasteiger partial charge in [0.2, 0.25) is 5.91 Å². The largest absolute Gasteiger partial charge is 0.508 e. The monoisotopic (exact) mass is 354 g/mol. The number of amides is 1. The molecule has 128 valence electrons. The molecule has 0 aliphatic heterocycles. The molecule has 0 radical (unpaired) electrons. The summed E-state index contributed by atoms with van der Waals surface area (Å²) in [6.07, 6.45) is 1.65. The normalized spacial score (nSPS) is 10.6. The standard InChI is InChI=1S/C18H18N4O2S/c1-12-3-8-16(13(2)9-12)22-11-19-21-18(22)25-10-17(24)20-14-4-6-15(23)7-5-14/h3-9,11,23H,10H2,1-2H3,(H,20,24). The number of hydrogen-bond donors (Lipinski definition) is 2. The molecule has 1 heterocycles. The van der Waals surface area contributed by atoms with Crippen molar-refractivity contribution in [3.8, 4) is 11.4 Å². The lowest BCUT2D eigenvalue weighted by atomic mass is 10.1. The van der Waals surface area contributed by atoms with Crippen LogP contribution in [-0.2, 0) is 4.79 Å². The SMILES string of the molecule is Cc1ccc(-n2cnnc2SCC(=O)Nc2ccc(O)cc2)c(C)c1. The van der Waals surface area contributed by atoms with Gasteiger partial charge >= 0.3 is 0 Å². The number of phenolic OH excluding ortho intramolecular Hbond substituents is 1. The quantitative estimate of drug-likeness (QED) is 0.543. The highest BCUT2D eigenvalue weighted by atomic mass is 32.2. The fraction of sp³-hybridized carbons (Fsp3) is 0.167. The number of carbonyl (C=O) groups is 1. The van der Waals surface area contributed by atoms with Gasteiger partial charge in [-0.2, -0.15) is 0 Å². The summed E-state index contributed by atoms with van der Waals surface area (Å²) in [4.78, 5) is 12.1. The van der Waals surface area contributed by atoms with Crippen molar-refractivity contribution in [2.75, 3.05) is 11.1 Å². The van der Waals surface area contributed by atoms with Gasteiger partial charge in [-0.3, -0.25) is 9.36 Å². The molecule has 0 atom stereocenters. The van der Waals surface area contributed by atoms with Crippen LogP contribution < -0.4 is 5.32 Å². The van der Waals surface area contributed by atoms with Gasteiger partial charge in [-0.05, 0) is 49.7 Å². The Hall–Kier alpha value is -2.80. The fourth-order valence-electron chi connectivity index (χ4n) is 2.44. The Morgan fingerprint density at radius 3 is 2.68 bits per heavy atom. The van der Waals surface area contributed by atoms with E-state index in [1.807, 2.05) is 30.5 Å². The number of nitrogens with zero attached hydrogens (tertiary/aromatic N) is 3. The zero-order valence-electron chi connectivity index (χ0n) is 13.9. The minimum absolute atomic E-state index is 0.147. The molecule has 7 heteroatoms. The van der Waals surface area contributed by atoms with Gasteiger partial charge in [-0.1, -0.05) is 29.5 Å². The predicted octanol–water partition coefficient (Wildman–Crippen LogP) is 3.32. The van der Waals surface area contributed by atoms with Crippen LogP contribution in [-0.4, -0.2) is 31.5 Å². The Labute approximate surface area is 149 Å². The van der Waals surface area contributed by atoms with Gasteiger partial charge in [0, 0.05) is 5.69 Å². The van der Waals surface area contributed by atoms with Gasteiger partial charge in [0.25, 0.3) is 0 Å². The molecule has 2 aromatic carbocycles. The third-order valence-corrected chi connectivity index (χ3v) is 4.55. The van der Waals surface area contributed by atoms with E-state index >= 15 is 0 Å². The maximum atomic E-state index is 12.1. The molecule has 25 heavy (non-hydrogen) atoms. The second kappa shape index (κ2) is 7.40. The highest BCUT2D eigenvalue weighted by Crippen LogP contribution is 2.23. The van der Waals surface area contributed by atoms with Crippen molar-refractivity contribution in [1.29, 1.82) is 0 Å². The molecule has 0 aliphatic carbocycles. The first kappa shape index (κ1) is 17.0. The molecule has 0 unspecified atom stereocenters. The Morgan fingerprint density at radius 2 is 1.96 bits per heavy atom. The summed E-state index contributed by atoms with van der Waals surface area (Å²) in [5.41, 5.74) is 3.95. The Kier molecular flexibility index (Phi) is 5.04. The summed E-state index contributed by atoms with van der Waals surface area (Å²) >= 11 is 1.32. The van der Waals surface area contributed by atoms with Crippen LogP contribution in [0.1, 0.15) is 11.1 Å². The van der Waals surface area contributed by atoms with Crippen LogP contribution in [0, 0.1) is 13.8 Å². The van der Waals surface area contributed by atoms with Crippen LogP contribution in [0.15, 0.2) is 53.9 Å². The van der Waals surface area contributed by atoms with Crippen molar-refractivity contribution in [3.63, 3.8) is 0 Å². The number of hydrogen-bond acceptors (Lipinski definition) is 5. The second-order valence-electron chi connectivity index (χ2n) is 5.66. The first-order valence-electron chi connectivity index (χ1n) is 7.72. The maximum absolute atomic E-state index is 12.1. The van der Waals surface area contributed by atoms with Crippen LogP contribution in [0.3, 0.4) is 0 Å². The number of aryl methyl sites for hydroxylation is 2. The smallest absolute Gasteiger partial charge is 0.234 e. The van der Waals surface area contributed by atoms with Gasteiger partial charge in [0.15, 0.2) is 5.16 Å². The van der Waals surface area contributed by atoms with E-state index < -0.39 is 0 Å². The van der Waals surface area contributed by atoms with E-state index in [2.05, 4.69) is 21.6 Å². The van der Waals surface area contributed by atoms with Crippen LogP contribution in [0.4, 0.5) is 5.69 Å². The second-order valence-corrected chi connectivity index (χ2v) is 6.60. The first-order valence-corrected chi connectivity index (χ1v) is 8.71. The Bertz CT molecular complexity index is 890. The predicted molar refractivity (Wildman–Crippen MR) is 98.3 cm³/mol. The summed E-state index contributed by atoms with van der Waals surface area (Å²) in [6, 6.07) is 12.5. The van der Waals surface area contributed by atoms with Crippen molar-refractivity contribution >= 4 is 23.4 Å². The fourth-order valence-corrected chi connectivity index (χ4v) is 3.16. The van der Waals surface area contributed by atoms with E-state index in [9.17, 15) is 9.90 Å². The van der Waals surface area contributed by atoms with Gasteiger partial charge in [-0.15, -0.1) is 10.2 Å². The lowest BCUT2D eigenvalue weighted by Gasteiger charge is -2.10. The third kappa shape index (κ3) is 4.19. The minimum atomic E-state index is -0.147. The van der Waals surface area contributed by atoms with E-state index in [0.717, 1.165) is 11.3 Å². The first-order chi connectivity index (χ1) is 12.0. The molecule has 0 fully saturated rings. The molecule has 0 bridgehead atoms. The number of aromatic nitrogens is 3. The number of nitrogens with one attached hydrogen (secondary N) is 1. The molecular formula is C18H18N4O2S. The number of aromatic hydroxyl groups is 1. The molecule has 6 nitrogen and oxygen atoms in total. The minimum Gasteiger partial charge on any atom is -0.508 e. The summed E-state index contributed by atoms with van der Waals surface area (Å²) in [7, 11) is 0. The lowest BCUT2D eigenvalue weighted by Crippen LogP contribution is -2.14. The van der Waals surface area contributed by atoms with Crippen LogP contribution >= 0.6 is 11.8 Å². The van der Waals surface area contributed by atoms with Gasteiger partial charge in [0.1, 0.15) is 12.1 Å². The van der Waals surface area contributed by atoms with Crippen molar-refractivity contribution in [1.82, 2.24) is 14.8 Å². The van der Waals surface area contributed by atoms with Gasteiger partial charge in [0.05, 0.1) is 11.4 Å². The Balaban J connectivity index is 1.67. The van der Waals surface area contributed by atoms with Gasteiger partial charge in [-0.25, -0.2) is 0 Å². The van der Waals surface area contributed by atoms with Crippen molar-refractivity contribution in [3.05, 3.63) is 59.9 Å². The molecule has 0 saturated heterocycles. The van der Waals surface area contributed by atoms with E-state index in [1.54, 1.807) is 18.5 Å². The van der Waals surface area contributed by atoms with Crippen LogP contribution in [0.5, 0.6) is 5.75 Å². The third-order valence-electron chi connectivity index (χ3n) is 3.61. The summed E-state index contributed by atoms with van der Waals surface area (Å²) in [5.74, 6) is 0.226. The number of anilines is 1. The number of rotatable bonds is 5. The maximum Gasteiger partial charge on any atom is 0.234 e. The number of phenols is 1. The lowest BCUT2D eigenvalue weighted by molar-refractivity contribution is -0.113. The average molecular weight is 354 g/mol. The summed E-state index contributed by atoms with van der Waals surface area (Å²) in [5, 5.41) is 20.8. The van der Waals surface area contributed by atoms with Crippen LogP contribution in [0.2, 0.25) is 0 Å². The Morgan fingerprint density at radius 1 is 1.20 bits per heavy atom. The average Bonchev–Trinajstić information content (AvgIpc) is 3.03. The van der Waals surface area contributed by atoms with Gasteiger partial charge < -0.3 is 10.4 Å². The number of thioether (sulfide) groups is 1. The van der Waals surface area contributed by atoms with Crippen molar-refractivity contribution in [2.24, 2.45) is 0 Å². The zero-order chi connectivity index (χ0) is 17.8. The van der Waals surface area contributed by atoms with E-state index in [-0.39, 0.29) is 17.4 Å². The highest BCUT2D eigenvalue weighted by Gasteiger charge is 2.12. The molecule has 0 aliphatic rings. The topological polar surface area (TPSA) is 80.0 Å². The molecule has 3 aromatic rings.